The summed E-state index contributed by atoms with van der Waals surface area (Å²) in [6.45, 7) is 6.56. The third-order valence-corrected chi connectivity index (χ3v) is 4.52. The third kappa shape index (κ3) is 3.80. The zero-order valence-corrected chi connectivity index (χ0v) is 14.0. The van der Waals surface area contributed by atoms with Gasteiger partial charge in [-0.1, -0.05) is 26.0 Å². The predicted octanol–water partition coefficient (Wildman–Crippen LogP) is 2.87. The second kappa shape index (κ2) is 7.63. The number of carbonyl (C=O) groups is 1. The molecule has 2 N–H and O–H groups in total. The Morgan fingerprint density at radius 1 is 1.32 bits per heavy atom. The van der Waals surface area contributed by atoms with Gasteiger partial charge in [-0.25, -0.2) is 0 Å². The van der Waals surface area contributed by atoms with Crippen molar-refractivity contribution in [2.45, 2.75) is 44.9 Å². The zero-order chi connectivity index (χ0) is 16.1. The fraction of sp³-hybridized carbons (Fsp3) is 0.611. The third-order valence-electron chi connectivity index (χ3n) is 4.52. The monoisotopic (exact) mass is 304 g/mol. The Hall–Kier alpha value is -1.55. The lowest BCUT2D eigenvalue weighted by Crippen LogP contribution is -2.30. The standard InChI is InChI=1S/C18H28N2O2/c1-13(2)14-6-7-17(22-3)16(10-14)15(12-19)11-18(21)20-8-4-5-9-20/h6-7,10,13,15H,4-5,8-9,11-12,19H2,1-3H3. The van der Waals surface area contributed by atoms with E-state index in [1.165, 1.54) is 5.56 Å². The highest BCUT2D eigenvalue weighted by Crippen LogP contribution is 2.32. The van der Waals surface area contributed by atoms with Crippen molar-refractivity contribution in [2.24, 2.45) is 5.73 Å². The van der Waals surface area contributed by atoms with Crippen molar-refractivity contribution in [3.8, 4) is 5.75 Å². The first-order valence-electron chi connectivity index (χ1n) is 8.22. The number of carbonyl (C=O) groups excluding carboxylic acids is 1. The van der Waals surface area contributed by atoms with Crippen molar-refractivity contribution < 1.29 is 9.53 Å². The molecule has 1 amide bonds. The van der Waals surface area contributed by atoms with Crippen LogP contribution in [0.1, 0.15) is 56.1 Å². The number of rotatable bonds is 6. The fourth-order valence-electron chi connectivity index (χ4n) is 3.06. The van der Waals surface area contributed by atoms with E-state index in [4.69, 9.17) is 10.5 Å². The molecule has 1 atom stereocenters. The van der Waals surface area contributed by atoms with Gasteiger partial charge in [-0.15, -0.1) is 0 Å². The number of benzene rings is 1. The number of likely N-dealkylation sites (tertiary alicyclic amines) is 1. The summed E-state index contributed by atoms with van der Waals surface area (Å²) in [5, 5.41) is 0. The van der Waals surface area contributed by atoms with E-state index >= 15 is 0 Å². The van der Waals surface area contributed by atoms with Gasteiger partial charge < -0.3 is 15.4 Å². The second-order valence-corrected chi connectivity index (χ2v) is 6.38. The molecule has 0 bridgehead atoms. The van der Waals surface area contributed by atoms with Crippen molar-refractivity contribution in [3.63, 3.8) is 0 Å². The van der Waals surface area contributed by atoms with E-state index in [1.54, 1.807) is 7.11 Å². The maximum absolute atomic E-state index is 12.4. The van der Waals surface area contributed by atoms with E-state index in [0.717, 1.165) is 37.2 Å². The highest BCUT2D eigenvalue weighted by molar-refractivity contribution is 5.77. The summed E-state index contributed by atoms with van der Waals surface area (Å²) in [5.41, 5.74) is 8.29. The topological polar surface area (TPSA) is 55.6 Å². The lowest BCUT2D eigenvalue weighted by molar-refractivity contribution is -0.130. The molecule has 2 rings (SSSR count). The molecule has 0 aromatic heterocycles. The van der Waals surface area contributed by atoms with E-state index in [-0.39, 0.29) is 11.8 Å². The molecule has 0 spiro atoms. The summed E-state index contributed by atoms with van der Waals surface area (Å²) in [7, 11) is 1.67. The van der Waals surface area contributed by atoms with E-state index in [1.807, 2.05) is 11.0 Å². The van der Waals surface area contributed by atoms with Gasteiger partial charge in [0, 0.05) is 25.4 Å². The Balaban J connectivity index is 2.21. The molecular formula is C18H28N2O2. The van der Waals surface area contributed by atoms with Gasteiger partial charge in [0.05, 0.1) is 7.11 Å². The van der Waals surface area contributed by atoms with Gasteiger partial charge in [0.2, 0.25) is 5.91 Å². The molecule has 1 aromatic rings. The van der Waals surface area contributed by atoms with Crippen LogP contribution in [-0.2, 0) is 4.79 Å². The van der Waals surface area contributed by atoms with Crippen LogP contribution in [0.5, 0.6) is 5.75 Å². The van der Waals surface area contributed by atoms with Crippen LogP contribution in [0.15, 0.2) is 18.2 Å². The van der Waals surface area contributed by atoms with Crippen molar-refractivity contribution >= 4 is 5.91 Å². The number of ether oxygens (including phenoxy) is 1. The first-order valence-corrected chi connectivity index (χ1v) is 8.22. The lowest BCUT2D eigenvalue weighted by Gasteiger charge is -2.22. The first kappa shape index (κ1) is 16.8. The molecule has 22 heavy (non-hydrogen) atoms. The minimum Gasteiger partial charge on any atom is -0.496 e. The van der Waals surface area contributed by atoms with Crippen molar-refractivity contribution in [3.05, 3.63) is 29.3 Å². The highest BCUT2D eigenvalue weighted by Gasteiger charge is 2.24. The van der Waals surface area contributed by atoms with Crippen molar-refractivity contribution in [1.29, 1.82) is 0 Å². The van der Waals surface area contributed by atoms with Crippen LogP contribution in [-0.4, -0.2) is 37.6 Å². The smallest absolute Gasteiger partial charge is 0.223 e. The van der Waals surface area contributed by atoms with Gasteiger partial charge in [0.15, 0.2) is 0 Å². The molecule has 1 heterocycles. The van der Waals surface area contributed by atoms with Gasteiger partial charge in [0.1, 0.15) is 5.75 Å². The number of nitrogens with zero attached hydrogens (tertiary/aromatic N) is 1. The van der Waals surface area contributed by atoms with Crippen molar-refractivity contribution in [1.82, 2.24) is 4.90 Å². The van der Waals surface area contributed by atoms with Crippen LogP contribution >= 0.6 is 0 Å². The Bertz CT molecular complexity index is 508. The van der Waals surface area contributed by atoms with E-state index in [9.17, 15) is 4.79 Å². The predicted molar refractivity (Wildman–Crippen MR) is 89.3 cm³/mol. The molecule has 0 aliphatic carbocycles. The molecule has 4 nitrogen and oxygen atoms in total. The Morgan fingerprint density at radius 3 is 2.55 bits per heavy atom. The van der Waals surface area contributed by atoms with Crippen LogP contribution in [0.3, 0.4) is 0 Å². The van der Waals surface area contributed by atoms with Crippen LogP contribution in [0, 0.1) is 0 Å². The summed E-state index contributed by atoms with van der Waals surface area (Å²) in [5.74, 6) is 1.50. The molecule has 0 radical (unpaired) electrons. The normalized spacial score (nSPS) is 16.1. The summed E-state index contributed by atoms with van der Waals surface area (Å²) in [6.07, 6.45) is 2.70. The average Bonchev–Trinajstić information content (AvgIpc) is 3.06. The summed E-state index contributed by atoms with van der Waals surface area (Å²) < 4.78 is 5.49. The van der Waals surface area contributed by atoms with Crippen LogP contribution in [0.25, 0.3) is 0 Å². The highest BCUT2D eigenvalue weighted by atomic mass is 16.5. The molecule has 0 saturated carbocycles. The molecule has 122 valence electrons. The Morgan fingerprint density at radius 2 is 2.00 bits per heavy atom. The molecule has 4 heteroatoms. The number of nitrogens with two attached hydrogens (primary N) is 1. The van der Waals surface area contributed by atoms with Gasteiger partial charge in [-0.2, -0.15) is 0 Å². The molecule has 1 aliphatic rings. The summed E-state index contributed by atoms with van der Waals surface area (Å²) in [6, 6.07) is 6.23. The van der Waals surface area contributed by atoms with E-state index < -0.39 is 0 Å². The number of amides is 1. The van der Waals surface area contributed by atoms with Gasteiger partial charge in [-0.3, -0.25) is 4.79 Å². The Kier molecular flexibility index (Phi) is 5.83. The molecule has 1 aliphatic heterocycles. The molecule has 1 unspecified atom stereocenters. The zero-order valence-electron chi connectivity index (χ0n) is 14.0. The quantitative estimate of drug-likeness (QED) is 0.879. The SMILES string of the molecule is COc1ccc(C(C)C)cc1C(CN)CC(=O)N1CCCC1. The first-order chi connectivity index (χ1) is 10.6. The van der Waals surface area contributed by atoms with Gasteiger partial charge in [-0.05, 0) is 42.5 Å². The van der Waals surface area contributed by atoms with E-state index in [2.05, 4.69) is 26.0 Å². The fourth-order valence-corrected chi connectivity index (χ4v) is 3.06. The summed E-state index contributed by atoms with van der Waals surface area (Å²) >= 11 is 0. The number of hydrogen-bond acceptors (Lipinski definition) is 3. The lowest BCUT2D eigenvalue weighted by atomic mass is 9.90. The maximum Gasteiger partial charge on any atom is 0.223 e. The van der Waals surface area contributed by atoms with E-state index in [0.29, 0.717) is 18.9 Å². The molecule has 1 aromatic carbocycles. The van der Waals surface area contributed by atoms with Crippen molar-refractivity contribution in [2.75, 3.05) is 26.7 Å². The van der Waals surface area contributed by atoms with Crippen LogP contribution < -0.4 is 10.5 Å². The molecule has 1 fully saturated rings. The maximum atomic E-state index is 12.4. The second-order valence-electron chi connectivity index (χ2n) is 6.38. The van der Waals surface area contributed by atoms with Gasteiger partial charge in [0.25, 0.3) is 0 Å². The minimum atomic E-state index is 0.0155. The average molecular weight is 304 g/mol. The van der Waals surface area contributed by atoms with Gasteiger partial charge >= 0.3 is 0 Å². The number of hydrogen-bond donors (Lipinski definition) is 1. The molecular weight excluding hydrogens is 276 g/mol. The molecule has 1 saturated heterocycles. The van der Waals surface area contributed by atoms with Crippen LogP contribution in [0.4, 0.5) is 0 Å². The largest absolute Gasteiger partial charge is 0.496 e. The summed E-state index contributed by atoms with van der Waals surface area (Å²) in [4.78, 5) is 14.4. The number of methoxy groups -OCH3 is 1. The van der Waals surface area contributed by atoms with Crippen LogP contribution in [0.2, 0.25) is 0 Å². The minimum absolute atomic E-state index is 0.0155. The Labute approximate surface area is 133 Å².